The summed E-state index contributed by atoms with van der Waals surface area (Å²) in [5.41, 5.74) is 2.54. The molecule has 3 aromatic carbocycles. The average molecular weight is 472 g/mol. The van der Waals surface area contributed by atoms with Crippen molar-refractivity contribution >= 4 is 29.3 Å². The molecule has 0 aromatic heterocycles. The van der Waals surface area contributed by atoms with Crippen molar-refractivity contribution in [2.75, 3.05) is 31.5 Å². The molecule has 0 bridgehead atoms. The van der Waals surface area contributed by atoms with E-state index < -0.39 is 5.91 Å². The van der Waals surface area contributed by atoms with E-state index >= 15 is 0 Å². The van der Waals surface area contributed by atoms with Crippen LogP contribution >= 0.6 is 0 Å². The fourth-order valence-corrected chi connectivity index (χ4v) is 3.19. The first kappa shape index (κ1) is 24.9. The lowest BCUT2D eigenvalue weighted by Crippen LogP contribution is -2.20. The van der Waals surface area contributed by atoms with E-state index in [1.807, 2.05) is 37.3 Å². The molecule has 8 nitrogen and oxygen atoms in total. The van der Waals surface area contributed by atoms with E-state index in [1.165, 1.54) is 20.3 Å². The second-order valence-corrected chi connectivity index (χ2v) is 7.39. The molecule has 0 saturated carbocycles. The number of hydrogen-bond donors (Lipinski definition) is 2. The lowest BCUT2D eigenvalue weighted by atomic mass is 10.1. The SMILES string of the molecule is COc1ccccc1NC(=O)/C(C#N)=C/c1ccc(OCC(=O)Nc2ccccc2C)c(OC)c1. The number of ether oxygens (including phenoxy) is 3. The van der Waals surface area contributed by atoms with Crippen LogP contribution < -0.4 is 24.8 Å². The number of hydrogen-bond acceptors (Lipinski definition) is 6. The molecule has 0 heterocycles. The predicted molar refractivity (Wildman–Crippen MR) is 134 cm³/mol. The third-order valence-electron chi connectivity index (χ3n) is 5.00. The minimum Gasteiger partial charge on any atom is -0.495 e. The van der Waals surface area contributed by atoms with E-state index in [0.717, 1.165) is 5.56 Å². The maximum absolute atomic E-state index is 12.6. The smallest absolute Gasteiger partial charge is 0.266 e. The summed E-state index contributed by atoms with van der Waals surface area (Å²) in [5, 5.41) is 15.0. The van der Waals surface area contributed by atoms with Crippen molar-refractivity contribution < 1.29 is 23.8 Å². The van der Waals surface area contributed by atoms with Crippen molar-refractivity contribution in [2.45, 2.75) is 6.92 Å². The zero-order chi connectivity index (χ0) is 25.2. The molecule has 0 fully saturated rings. The Hall–Kier alpha value is -4.77. The summed E-state index contributed by atoms with van der Waals surface area (Å²) in [6.45, 7) is 1.68. The number of methoxy groups -OCH3 is 2. The first-order valence-corrected chi connectivity index (χ1v) is 10.7. The number of nitrogens with one attached hydrogen (secondary N) is 2. The molecule has 0 saturated heterocycles. The maximum Gasteiger partial charge on any atom is 0.266 e. The molecule has 0 aliphatic carbocycles. The van der Waals surface area contributed by atoms with Crippen molar-refractivity contribution in [3.8, 4) is 23.3 Å². The maximum atomic E-state index is 12.6. The van der Waals surface area contributed by atoms with Crippen LogP contribution in [0.5, 0.6) is 17.2 Å². The van der Waals surface area contributed by atoms with Gasteiger partial charge in [0.05, 0.1) is 19.9 Å². The summed E-state index contributed by atoms with van der Waals surface area (Å²) in [6, 6.07) is 21.1. The molecule has 0 atom stereocenters. The highest BCUT2D eigenvalue weighted by molar-refractivity contribution is 6.10. The van der Waals surface area contributed by atoms with Crippen LogP contribution in [0.25, 0.3) is 6.08 Å². The highest BCUT2D eigenvalue weighted by atomic mass is 16.5. The van der Waals surface area contributed by atoms with E-state index in [9.17, 15) is 14.9 Å². The molecule has 0 spiro atoms. The van der Waals surface area contributed by atoms with E-state index in [2.05, 4.69) is 10.6 Å². The van der Waals surface area contributed by atoms with Gasteiger partial charge >= 0.3 is 0 Å². The molecule has 3 aromatic rings. The molecule has 2 amide bonds. The van der Waals surface area contributed by atoms with Crippen molar-refractivity contribution in [1.29, 1.82) is 5.26 Å². The molecule has 178 valence electrons. The molecule has 2 N–H and O–H groups in total. The van der Waals surface area contributed by atoms with Gasteiger partial charge in [0.2, 0.25) is 0 Å². The number of rotatable bonds is 9. The minimum atomic E-state index is -0.579. The first-order chi connectivity index (χ1) is 16.9. The Morgan fingerprint density at radius 3 is 2.26 bits per heavy atom. The molecule has 3 rings (SSSR count). The summed E-state index contributed by atoms with van der Waals surface area (Å²) in [5.74, 6) is 0.286. The van der Waals surface area contributed by atoms with Crippen molar-refractivity contribution in [1.82, 2.24) is 0 Å². The number of aryl methyl sites for hydroxylation is 1. The Bertz CT molecular complexity index is 1290. The number of carbonyl (C=O) groups excluding carboxylic acids is 2. The monoisotopic (exact) mass is 471 g/mol. The normalized spacial score (nSPS) is 10.6. The van der Waals surface area contributed by atoms with Gasteiger partial charge in [0.1, 0.15) is 17.4 Å². The highest BCUT2D eigenvalue weighted by Gasteiger charge is 2.14. The Kier molecular flexibility index (Phi) is 8.46. The molecule has 0 radical (unpaired) electrons. The number of para-hydroxylation sites is 3. The van der Waals surface area contributed by atoms with Gasteiger partial charge in [-0.1, -0.05) is 36.4 Å². The number of nitrogens with zero attached hydrogens (tertiary/aromatic N) is 1. The number of carbonyl (C=O) groups is 2. The molecular weight excluding hydrogens is 446 g/mol. The quantitative estimate of drug-likeness (QED) is 0.349. The second kappa shape index (κ2) is 11.9. The van der Waals surface area contributed by atoms with Gasteiger partial charge in [-0.15, -0.1) is 0 Å². The lowest BCUT2D eigenvalue weighted by molar-refractivity contribution is -0.118. The van der Waals surface area contributed by atoms with Gasteiger partial charge in [0, 0.05) is 5.69 Å². The Labute approximate surface area is 203 Å². The summed E-state index contributed by atoms with van der Waals surface area (Å²) < 4.78 is 16.2. The van der Waals surface area contributed by atoms with Crippen LogP contribution in [0.1, 0.15) is 11.1 Å². The standard InChI is InChI=1S/C27H25N3O5/c1-18-8-4-5-9-21(18)29-26(31)17-35-24-13-12-19(15-25(24)34-3)14-20(16-28)27(32)30-22-10-6-7-11-23(22)33-2/h4-15H,17H2,1-3H3,(H,29,31)(H,30,32)/b20-14+. The van der Waals surface area contributed by atoms with Gasteiger partial charge in [-0.3, -0.25) is 9.59 Å². The molecule has 0 aliphatic heterocycles. The molecule has 0 unspecified atom stereocenters. The summed E-state index contributed by atoms with van der Waals surface area (Å²) in [4.78, 5) is 24.9. The van der Waals surface area contributed by atoms with Gasteiger partial charge in [0.25, 0.3) is 11.8 Å². The number of amides is 2. The van der Waals surface area contributed by atoms with Crippen LogP contribution in [0.15, 0.2) is 72.3 Å². The lowest BCUT2D eigenvalue weighted by Gasteiger charge is -2.12. The Morgan fingerprint density at radius 1 is 0.886 bits per heavy atom. The number of anilines is 2. The van der Waals surface area contributed by atoms with Gasteiger partial charge in [-0.25, -0.2) is 0 Å². The number of benzene rings is 3. The third kappa shape index (κ3) is 6.62. The van der Waals surface area contributed by atoms with Crippen LogP contribution in [-0.4, -0.2) is 32.6 Å². The fourth-order valence-electron chi connectivity index (χ4n) is 3.19. The predicted octanol–water partition coefficient (Wildman–Crippen LogP) is 4.58. The zero-order valence-electron chi connectivity index (χ0n) is 19.6. The summed E-state index contributed by atoms with van der Waals surface area (Å²) in [7, 11) is 2.96. The number of nitriles is 1. The van der Waals surface area contributed by atoms with E-state index in [1.54, 1.807) is 42.5 Å². The van der Waals surface area contributed by atoms with Crippen molar-refractivity contribution in [2.24, 2.45) is 0 Å². The largest absolute Gasteiger partial charge is 0.495 e. The van der Waals surface area contributed by atoms with Crippen LogP contribution in [0.3, 0.4) is 0 Å². The molecular formula is C27H25N3O5. The average Bonchev–Trinajstić information content (AvgIpc) is 2.87. The van der Waals surface area contributed by atoms with Crippen LogP contribution in [0.2, 0.25) is 0 Å². The minimum absolute atomic E-state index is 0.107. The molecule has 35 heavy (non-hydrogen) atoms. The van der Waals surface area contributed by atoms with Gasteiger partial charge in [0.15, 0.2) is 18.1 Å². The first-order valence-electron chi connectivity index (χ1n) is 10.7. The summed E-state index contributed by atoms with van der Waals surface area (Å²) in [6.07, 6.45) is 1.43. The van der Waals surface area contributed by atoms with Gasteiger partial charge in [-0.05, 0) is 54.5 Å². The van der Waals surface area contributed by atoms with Crippen LogP contribution in [0, 0.1) is 18.3 Å². The van der Waals surface area contributed by atoms with Crippen molar-refractivity contribution in [3.05, 3.63) is 83.4 Å². The van der Waals surface area contributed by atoms with Crippen LogP contribution in [0.4, 0.5) is 11.4 Å². The Balaban J connectivity index is 1.70. The van der Waals surface area contributed by atoms with E-state index in [4.69, 9.17) is 14.2 Å². The fraction of sp³-hybridized carbons (Fsp3) is 0.148. The van der Waals surface area contributed by atoms with Gasteiger partial charge < -0.3 is 24.8 Å². The molecule has 0 aliphatic rings. The highest BCUT2D eigenvalue weighted by Crippen LogP contribution is 2.29. The molecule has 8 heteroatoms. The van der Waals surface area contributed by atoms with Crippen LogP contribution in [-0.2, 0) is 9.59 Å². The second-order valence-electron chi connectivity index (χ2n) is 7.39. The van der Waals surface area contributed by atoms with Gasteiger partial charge in [-0.2, -0.15) is 5.26 Å². The third-order valence-corrected chi connectivity index (χ3v) is 5.00. The zero-order valence-corrected chi connectivity index (χ0v) is 19.6. The van der Waals surface area contributed by atoms with E-state index in [-0.39, 0.29) is 18.1 Å². The Morgan fingerprint density at radius 2 is 1.57 bits per heavy atom. The topological polar surface area (TPSA) is 110 Å². The van der Waals surface area contributed by atoms with E-state index in [0.29, 0.717) is 34.2 Å². The van der Waals surface area contributed by atoms with Crippen molar-refractivity contribution in [3.63, 3.8) is 0 Å². The summed E-state index contributed by atoms with van der Waals surface area (Å²) >= 11 is 0.